The Labute approximate surface area is 129 Å². The minimum absolute atomic E-state index is 0.0721. The van der Waals surface area contributed by atoms with Crippen molar-refractivity contribution in [2.75, 3.05) is 0 Å². The van der Waals surface area contributed by atoms with Gasteiger partial charge in [-0.15, -0.1) is 0 Å². The van der Waals surface area contributed by atoms with E-state index in [9.17, 15) is 4.79 Å². The van der Waals surface area contributed by atoms with Crippen LogP contribution in [0, 0.1) is 0 Å². The van der Waals surface area contributed by atoms with Gasteiger partial charge in [-0.25, -0.2) is 0 Å². The minimum atomic E-state index is -0.127. The topological polar surface area (TPSA) is 41.1 Å². The van der Waals surface area contributed by atoms with Crippen molar-refractivity contribution in [3.05, 3.63) is 69.7 Å². The summed E-state index contributed by atoms with van der Waals surface area (Å²) in [4.78, 5) is 12.4. The molecular weight excluding hydrogens is 284 g/mol. The van der Waals surface area contributed by atoms with Crippen LogP contribution in [0.5, 0.6) is 0 Å². The van der Waals surface area contributed by atoms with Gasteiger partial charge in [-0.05, 0) is 41.8 Å². The normalized spacial score (nSPS) is 14.6. The van der Waals surface area contributed by atoms with Crippen molar-refractivity contribution in [1.29, 1.82) is 0 Å². The second-order valence-corrected chi connectivity index (χ2v) is 5.71. The van der Waals surface area contributed by atoms with Crippen molar-refractivity contribution >= 4 is 17.5 Å². The van der Waals surface area contributed by atoms with E-state index in [-0.39, 0.29) is 11.9 Å². The summed E-state index contributed by atoms with van der Waals surface area (Å²) < 4.78 is 0. The fourth-order valence-electron chi connectivity index (χ4n) is 2.62. The van der Waals surface area contributed by atoms with Gasteiger partial charge in [0.1, 0.15) is 0 Å². The van der Waals surface area contributed by atoms with Crippen LogP contribution in [-0.4, -0.2) is 5.91 Å². The van der Waals surface area contributed by atoms with Gasteiger partial charge in [-0.2, -0.15) is 0 Å². The molecule has 0 spiro atoms. The highest BCUT2D eigenvalue weighted by Gasteiger charge is 2.16. The zero-order valence-corrected chi connectivity index (χ0v) is 12.6. The monoisotopic (exact) mass is 300 g/mol. The highest BCUT2D eigenvalue weighted by Crippen LogP contribution is 2.23. The Hall–Kier alpha value is -1.84. The second kappa shape index (κ2) is 5.88. The zero-order chi connectivity index (χ0) is 14.8. The van der Waals surface area contributed by atoms with E-state index in [1.54, 1.807) is 0 Å². The van der Waals surface area contributed by atoms with Gasteiger partial charge in [0.05, 0.1) is 6.04 Å². The molecule has 1 aliphatic heterocycles. The molecular formula is C17H17ClN2O. The van der Waals surface area contributed by atoms with Crippen LogP contribution in [0.25, 0.3) is 0 Å². The van der Waals surface area contributed by atoms with E-state index in [2.05, 4.69) is 10.6 Å². The maximum atomic E-state index is 12.4. The maximum absolute atomic E-state index is 12.4. The molecule has 21 heavy (non-hydrogen) atoms. The molecule has 1 aliphatic rings. The standard InChI is InChI=1S/C17H17ClN2O/c1-11(15-4-2-3-5-16(15)18)20-17(21)12-6-7-13-9-19-10-14(13)8-12/h2-8,11,19H,9-10H2,1H3,(H,20,21)/t11-/m0/s1. The van der Waals surface area contributed by atoms with Gasteiger partial charge >= 0.3 is 0 Å². The Morgan fingerprint density at radius 2 is 1.95 bits per heavy atom. The van der Waals surface area contributed by atoms with Gasteiger partial charge < -0.3 is 10.6 Å². The van der Waals surface area contributed by atoms with E-state index in [0.717, 1.165) is 18.7 Å². The van der Waals surface area contributed by atoms with Crippen LogP contribution in [0.1, 0.15) is 40.0 Å². The molecule has 0 aliphatic carbocycles. The van der Waals surface area contributed by atoms with Gasteiger partial charge in [0, 0.05) is 23.7 Å². The molecule has 0 aromatic heterocycles. The lowest BCUT2D eigenvalue weighted by Crippen LogP contribution is -2.26. The molecule has 2 aromatic carbocycles. The molecule has 3 rings (SSSR count). The van der Waals surface area contributed by atoms with E-state index in [1.165, 1.54) is 11.1 Å². The molecule has 1 atom stereocenters. The summed E-state index contributed by atoms with van der Waals surface area (Å²) in [5.41, 5.74) is 4.09. The summed E-state index contributed by atoms with van der Waals surface area (Å²) in [7, 11) is 0. The summed E-state index contributed by atoms with van der Waals surface area (Å²) in [6.07, 6.45) is 0. The van der Waals surface area contributed by atoms with Crippen LogP contribution in [0.2, 0.25) is 5.02 Å². The molecule has 1 amide bonds. The van der Waals surface area contributed by atoms with E-state index >= 15 is 0 Å². The maximum Gasteiger partial charge on any atom is 0.251 e. The van der Waals surface area contributed by atoms with E-state index in [1.807, 2.05) is 49.4 Å². The van der Waals surface area contributed by atoms with Crippen LogP contribution < -0.4 is 10.6 Å². The van der Waals surface area contributed by atoms with E-state index < -0.39 is 0 Å². The summed E-state index contributed by atoms with van der Waals surface area (Å²) in [5, 5.41) is 6.95. The van der Waals surface area contributed by atoms with Crippen LogP contribution in [0.15, 0.2) is 42.5 Å². The molecule has 1 heterocycles. The third-order valence-electron chi connectivity index (χ3n) is 3.82. The number of amides is 1. The van der Waals surface area contributed by atoms with Gasteiger partial charge in [0.25, 0.3) is 5.91 Å². The molecule has 0 saturated carbocycles. The lowest BCUT2D eigenvalue weighted by molar-refractivity contribution is 0.0940. The molecule has 2 aromatic rings. The van der Waals surface area contributed by atoms with Crippen molar-refractivity contribution < 1.29 is 4.79 Å². The summed E-state index contributed by atoms with van der Waals surface area (Å²) in [6.45, 7) is 3.65. The SMILES string of the molecule is C[C@H](NC(=O)c1ccc2c(c1)CNC2)c1ccccc1Cl. The summed E-state index contributed by atoms with van der Waals surface area (Å²) >= 11 is 6.17. The zero-order valence-electron chi connectivity index (χ0n) is 11.8. The van der Waals surface area contributed by atoms with Crippen LogP contribution >= 0.6 is 11.6 Å². The smallest absolute Gasteiger partial charge is 0.251 e. The lowest BCUT2D eigenvalue weighted by Gasteiger charge is -2.16. The first-order valence-electron chi connectivity index (χ1n) is 7.03. The molecule has 0 saturated heterocycles. The third kappa shape index (κ3) is 2.94. The number of carbonyl (C=O) groups is 1. The predicted octanol–water partition coefficient (Wildman–Crippen LogP) is 3.43. The first-order valence-corrected chi connectivity index (χ1v) is 7.41. The molecule has 3 nitrogen and oxygen atoms in total. The molecule has 2 N–H and O–H groups in total. The fraction of sp³-hybridized carbons (Fsp3) is 0.235. The van der Waals surface area contributed by atoms with Crippen molar-refractivity contribution in [2.45, 2.75) is 26.1 Å². The number of rotatable bonds is 3. The largest absolute Gasteiger partial charge is 0.345 e. The Morgan fingerprint density at radius 3 is 2.76 bits per heavy atom. The Kier molecular flexibility index (Phi) is 3.95. The fourth-order valence-corrected chi connectivity index (χ4v) is 2.92. The molecule has 4 heteroatoms. The number of benzene rings is 2. The van der Waals surface area contributed by atoms with Gasteiger partial charge in [0.2, 0.25) is 0 Å². The van der Waals surface area contributed by atoms with Gasteiger partial charge in [-0.3, -0.25) is 4.79 Å². The highest BCUT2D eigenvalue weighted by atomic mass is 35.5. The average Bonchev–Trinajstić information content (AvgIpc) is 2.94. The number of carbonyl (C=O) groups excluding carboxylic acids is 1. The first kappa shape index (κ1) is 14.1. The number of hydrogen-bond donors (Lipinski definition) is 2. The van der Waals surface area contributed by atoms with Crippen molar-refractivity contribution in [2.24, 2.45) is 0 Å². The van der Waals surface area contributed by atoms with Crippen molar-refractivity contribution in [3.63, 3.8) is 0 Å². The van der Waals surface area contributed by atoms with Crippen LogP contribution in [-0.2, 0) is 13.1 Å². The summed E-state index contributed by atoms with van der Waals surface area (Å²) in [5.74, 6) is -0.0721. The lowest BCUT2D eigenvalue weighted by atomic mass is 10.0. The quantitative estimate of drug-likeness (QED) is 0.912. The molecule has 108 valence electrons. The van der Waals surface area contributed by atoms with Crippen LogP contribution in [0.4, 0.5) is 0 Å². The third-order valence-corrected chi connectivity index (χ3v) is 4.16. The Balaban J connectivity index is 1.76. The van der Waals surface area contributed by atoms with Crippen LogP contribution in [0.3, 0.4) is 0 Å². The number of fused-ring (bicyclic) bond motifs is 1. The predicted molar refractivity (Wildman–Crippen MR) is 84.3 cm³/mol. The minimum Gasteiger partial charge on any atom is -0.345 e. The summed E-state index contributed by atoms with van der Waals surface area (Å²) in [6, 6.07) is 13.3. The number of halogens is 1. The number of hydrogen-bond acceptors (Lipinski definition) is 2. The average molecular weight is 301 g/mol. The molecule has 0 unspecified atom stereocenters. The van der Waals surface area contributed by atoms with E-state index in [0.29, 0.717) is 10.6 Å². The van der Waals surface area contributed by atoms with Gasteiger partial charge in [0.15, 0.2) is 0 Å². The highest BCUT2D eigenvalue weighted by molar-refractivity contribution is 6.31. The second-order valence-electron chi connectivity index (χ2n) is 5.30. The van der Waals surface area contributed by atoms with Gasteiger partial charge in [-0.1, -0.05) is 35.9 Å². The molecule has 0 fully saturated rings. The van der Waals surface area contributed by atoms with Crippen molar-refractivity contribution in [1.82, 2.24) is 10.6 Å². The number of nitrogens with one attached hydrogen (secondary N) is 2. The molecule has 0 radical (unpaired) electrons. The first-order chi connectivity index (χ1) is 10.1. The Bertz CT molecular complexity index is 684. The van der Waals surface area contributed by atoms with E-state index in [4.69, 9.17) is 11.6 Å². The van der Waals surface area contributed by atoms with Crippen molar-refractivity contribution in [3.8, 4) is 0 Å². The molecule has 0 bridgehead atoms. The Morgan fingerprint density at radius 1 is 1.19 bits per heavy atom.